The second kappa shape index (κ2) is 3.64. The molecule has 0 fully saturated rings. The summed E-state index contributed by atoms with van der Waals surface area (Å²) in [6.07, 6.45) is 0. The summed E-state index contributed by atoms with van der Waals surface area (Å²) < 4.78 is 2.66. The number of hydrogen-bond donors (Lipinski definition) is 2. The van der Waals surface area contributed by atoms with E-state index >= 15 is 0 Å². The quantitative estimate of drug-likeness (QED) is 0.659. The first kappa shape index (κ1) is 8.42. The maximum atomic E-state index is 5.00. The SMILES string of the molecule is CCn1c(CNC)n[nH]c1=S. The molecule has 0 bridgehead atoms. The van der Waals surface area contributed by atoms with Crippen molar-refractivity contribution in [3.8, 4) is 0 Å². The van der Waals surface area contributed by atoms with Gasteiger partial charge >= 0.3 is 0 Å². The molecular formula is C6H12N4S. The van der Waals surface area contributed by atoms with Crippen molar-refractivity contribution in [2.75, 3.05) is 7.05 Å². The lowest BCUT2D eigenvalue weighted by Gasteiger charge is -2.00. The van der Waals surface area contributed by atoms with Crippen molar-refractivity contribution in [1.29, 1.82) is 0 Å². The molecule has 1 rings (SSSR count). The summed E-state index contributed by atoms with van der Waals surface area (Å²) in [7, 11) is 1.89. The molecule has 11 heavy (non-hydrogen) atoms. The van der Waals surface area contributed by atoms with Gasteiger partial charge in [0.15, 0.2) is 4.77 Å². The number of nitrogens with one attached hydrogen (secondary N) is 2. The molecular weight excluding hydrogens is 160 g/mol. The van der Waals surface area contributed by atoms with E-state index in [0.29, 0.717) is 4.77 Å². The van der Waals surface area contributed by atoms with Crippen LogP contribution in [0.3, 0.4) is 0 Å². The summed E-state index contributed by atoms with van der Waals surface area (Å²) in [6.45, 7) is 3.66. The van der Waals surface area contributed by atoms with Gasteiger partial charge in [-0.3, -0.25) is 5.10 Å². The van der Waals surface area contributed by atoms with Crippen molar-refractivity contribution in [2.24, 2.45) is 0 Å². The Hall–Kier alpha value is -0.680. The van der Waals surface area contributed by atoms with E-state index in [4.69, 9.17) is 12.2 Å². The van der Waals surface area contributed by atoms with Crippen molar-refractivity contribution in [3.05, 3.63) is 10.6 Å². The predicted octanol–water partition coefficient (Wildman–Crippen LogP) is 0.680. The molecule has 1 aromatic rings. The van der Waals surface area contributed by atoms with Crippen molar-refractivity contribution < 1.29 is 0 Å². The molecule has 0 amide bonds. The normalized spacial score (nSPS) is 10.4. The number of aromatic nitrogens is 3. The van der Waals surface area contributed by atoms with Crippen molar-refractivity contribution >= 4 is 12.2 Å². The van der Waals surface area contributed by atoms with E-state index in [0.717, 1.165) is 18.9 Å². The van der Waals surface area contributed by atoms with Crippen LogP contribution < -0.4 is 5.32 Å². The van der Waals surface area contributed by atoms with Crippen molar-refractivity contribution in [2.45, 2.75) is 20.0 Å². The molecule has 0 radical (unpaired) electrons. The number of aromatic amines is 1. The summed E-state index contributed by atoms with van der Waals surface area (Å²) in [6, 6.07) is 0. The van der Waals surface area contributed by atoms with Gasteiger partial charge in [0.05, 0.1) is 6.54 Å². The van der Waals surface area contributed by atoms with Crippen LogP contribution in [0, 0.1) is 4.77 Å². The van der Waals surface area contributed by atoms with Crippen molar-refractivity contribution in [3.63, 3.8) is 0 Å². The Balaban J connectivity index is 2.96. The zero-order chi connectivity index (χ0) is 8.27. The smallest absolute Gasteiger partial charge is 0.195 e. The molecule has 0 unspecified atom stereocenters. The highest BCUT2D eigenvalue weighted by atomic mass is 32.1. The lowest BCUT2D eigenvalue weighted by Crippen LogP contribution is -2.11. The van der Waals surface area contributed by atoms with Gasteiger partial charge < -0.3 is 9.88 Å². The molecule has 4 nitrogen and oxygen atoms in total. The summed E-state index contributed by atoms with van der Waals surface area (Å²) in [4.78, 5) is 0. The van der Waals surface area contributed by atoms with Crippen LogP contribution in [-0.4, -0.2) is 21.8 Å². The minimum absolute atomic E-state index is 0.692. The molecule has 0 saturated heterocycles. The molecule has 0 aliphatic rings. The first-order chi connectivity index (χ1) is 5.29. The van der Waals surface area contributed by atoms with Crippen LogP contribution in [-0.2, 0) is 13.1 Å². The van der Waals surface area contributed by atoms with E-state index in [9.17, 15) is 0 Å². The monoisotopic (exact) mass is 172 g/mol. The largest absolute Gasteiger partial charge is 0.313 e. The molecule has 1 heterocycles. The van der Waals surface area contributed by atoms with E-state index in [1.165, 1.54) is 0 Å². The van der Waals surface area contributed by atoms with Crippen LogP contribution in [0.2, 0.25) is 0 Å². The van der Waals surface area contributed by atoms with Gasteiger partial charge in [0.2, 0.25) is 0 Å². The summed E-state index contributed by atoms with van der Waals surface area (Å²) in [5, 5.41) is 9.83. The van der Waals surface area contributed by atoms with Gasteiger partial charge in [-0.15, -0.1) is 0 Å². The summed E-state index contributed by atoms with van der Waals surface area (Å²) >= 11 is 5.00. The third kappa shape index (κ3) is 1.66. The molecule has 0 spiro atoms. The molecule has 1 aromatic heterocycles. The fourth-order valence-electron chi connectivity index (χ4n) is 0.969. The Morgan fingerprint density at radius 3 is 3.00 bits per heavy atom. The third-order valence-corrected chi connectivity index (χ3v) is 1.80. The molecule has 0 aliphatic carbocycles. The summed E-state index contributed by atoms with van der Waals surface area (Å²) in [5.41, 5.74) is 0. The molecule has 0 saturated carbocycles. The Morgan fingerprint density at radius 2 is 2.45 bits per heavy atom. The van der Waals surface area contributed by atoms with E-state index in [-0.39, 0.29) is 0 Å². The van der Waals surface area contributed by atoms with Crippen LogP contribution in [0.4, 0.5) is 0 Å². The van der Waals surface area contributed by atoms with Gasteiger partial charge in [-0.2, -0.15) is 5.10 Å². The van der Waals surface area contributed by atoms with Crippen LogP contribution >= 0.6 is 12.2 Å². The third-order valence-electron chi connectivity index (χ3n) is 1.49. The first-order valence-electron chi connectivity index (χ1n) is 3.58. The predicted molar refractivity (Wildman–Crippen MR) is 45.8 cm³/mol. The Labute approximate surface area is 70.6 Å². The van der Waals surface area contributed by atoms with E-state index in [2.05, 4.69) is 15.5 Å². The average Bonchev–Trinajstić information content (AvgIpc) is 2.33. The number of rotatable bonds is 3. The number of hydrogen-bond acceptors (Lipinski definition) is 3. The zero-order valence-electron chi connectivity index (χ0n) is 6.72. The standard InChI is InChI=1S/C6H12N4S/c1-3-10-5(4-7-2)8-9-6(10)11/h7H,3-4H2,1-2H3,(H,9,11). The first-order valence-corrected chi connectivity index (χ1v) is 3.99. The van der Waals surface area contributed by atoms with Crippen LogP contribution in [0.25, 0.3) is 0 Å². The summed E-state index contributed by atoms with van der Waals surface area (Å²) in [5.74, 6) is 0.958. The highest BCUT2D eigenvalue weighted by Gasteiger charge is 2.00. The maximum absolute atomic E-state index is 5.00. The van der Waals surface area contributed by atoms with Gasteiger partial charge in [-0.05, 0) is 26.2 Å². The highest BCUT2D eigenvalue weighted by Crippen LogP contribution is 1.95. The molecule has 0 aliphatic heterocycles. The zero-order valence-corrected chi connectivity index (χ0v) is 7.53. The maximum Gasteiger partial charge on any atom is 0.195 e. The number of nitrogens with zero attached hydrogens (tertiary/aromatic N) is 2. The Bertz CT molecular complexity index is 274. The van der Waals surface area contributed by atoms with Gasteiger partial charge in [0, 0.05) is 6.54 Å². The Kier molecular flexibility index (Phi) is 2.78. The van der Waals surface area contributed by atoms with Crippen LogP contribution in [0.1, 0.15) is 12.7 Å². The van der Waals surface area contributed by atoms with E-state index < -0.39 is 0 Å². The van der Waals surface area contributed by atoms with Gasteiger partial charge in [-0.1, -0.05) is 0 Å². The van der Waals surface area contributed by atoms with Gasteiger partial charge in [0.1, 0.15) is 5.82 Å². The van der Waals surface area contributed by atoms with Crippen LogP contribution in [0.5, 0.6) is 0 Å². The van der Waals surface area contributed by atoms with E-state index in [1.54, 1.807) is 0 Å². The average molecular weight is 172 g/mol. The highest BCUT2D eigenvalue weighted by molar-refractivity contribution is 7.71. The molecule has 0 aromatic carbocycles. The second-order valence-electron chi connectivity index (χ2n) is 2.22. The minimum Gasteiger partial charge on any atom is -0.313 e. The molecule has 2 N–H and O–H groups in total. The van der Waals surface area contributed by atoms with Crippen molar-refractivity contribution in [1.82, 2.24) is 20.1 Å². The lowest BCUT2D eigenvalue weighted by molar-refractivity contribution is 0.652. The van der Waals surface area contributed by atoms with Crippen LogP contribution in [0.15, 0.2) is 0 Å². The topological polar surface area (TPSA) is 45.6 Å². The Morgan fingerprint density at radius 1 is 1.73 bits per heavy atom. The molecule has 5 heteroatoms. The van der Waals surface area contributed by atoms with Gasteiger partial charge in [0.25, 0.3) is 0 Å². The van der Waals surface area contributed by atoms with E-state index in [1.807, 2.05) is 18.5 Å². The fraction of sp³-hybridized carbons (Fsp3) is 0.667. The minimum atomic E-state index is 0.692. The molecule has 62 valence electrons. The lowest BCUT2D eigenvalue weighted by atomic mass is 10.5. The number of H-pyrrole nitrogens is 1. The van der Waals surface area contributed by atoms with Gasteiger partial charge in [-0.25, -0.2) is 0 Å². The molecule has 0 atom stereocenters. The second-order valence-corrected chi connectivity index (χ2v) is 2.61. The fourth-order valence-corrected chi connectivity index (χ4v) is 1.25.